The lowest BCUT2D eigenvalue weighted by atomic mass is 10.1. The van der Waals surface area contributed by atoms with Crippen molar-refractivity contribution in [3.63, 3.8) is 0 Å². The molecule has 0 fully saturated rings. The molecule has 23 heavy (non-hydrogen) atoms. The number of aromatic nitrogens is 1. The van der Waals surface area contributed by atoms with Gasteiger partial charge in [-0.3, -0.25) is 4.79 Å². The topological polar surface area (TPSA) is 55.1 Å². The highest BCUT2D eigenvalue weighted by Gasteiger charge is 2.12. The summed E-state index contributed by atoms with van der Waals surface area (Å²) in [7, 11) is 0. The number of nitrogens with zero attached hydrogens (tertiary/aromatic N) is 1. The summed E-state index contributed by atoms with van der Waals surface area (Å²) in [5.74, 6) is 0.184. The van der Waals surface area contributed by atoms with E-state index in [1.54, 1.807) is 18.2 Å². The van der Waals surface area contributed by atoms with Gasteiger partial charge in [0.25, 0.3) is 5.22 Å². The van der Waals surface area contributed by atoms with E-state index in [0.717, 1.165) is 5.56 Å². The van der Waals surface area contributed by atoms with Crippen LogP contribution in [-0.2, 0) is 4.79 Å². The molecular weight excluding hydrogens is 332 g/mol. The van der Waals surface area contributed by atoms with Gasteiger partial charge < -0.3 is 9.73 Å². The third-order valence-corrected chi connectivity index (χ3v) is 4.40. The van der Waals surface area contributed by atoms with Crippen molar-refractivity contribution in [1.82, 2.24) is 10.3 Å². The van der Waals surface area contributed by atoms with Crippen molar-refractivity contribution in [2.45, 2.75) is 18.2 Å². The number of hydrogen-bond donors (Lipinski definition) is 1. The normalized spacial score (nSPS) is 12.3. The predicted molar refractivity (Wildman–Crippen MR) is 92.7 cm³/mol. The number of benzene rings is 2. The molecule has 0 aliphatic rings. The second kappa shape index (κ2) is 7.06. The molecule has 0 radical (unpaired) electrons. The maximum Gasteiger partial charge on any atom is 0.257 e. The van der Waals surface area contributed by atoms with Crippen LogP contribution in [0.1, 0.15) is 18.5 Å². The predicted octanol–water partition coefficient (Wildman–Crippen LogP) is 4.45. The third-order valence-electron chi connectivity index (χ3n) is 3.33. The van der Waals surface area contributed by atoms with E-state index in [1.807, 2.05) is 37.3 Å². The Morgan fingerprint density at radius 3 is 2.87 bits per heavy atom. The minimum absolute atomic E-state index is 0.0354. The molecule has 0 bridgehead atoms. The van der Waals surface area contributed by atoms with E-state index in [4.69, 9.17) is 16.0 Å². The van der Waals surface area contributed by atoms with E-state index in [-0.39, 0.29) is 17.7 Å². The van der Waals surface area contributed by atoms with E-state index in [1.165, 1.54) is 11.8 Å². The molecule has 4 nitrogen and oxygen atoms in total. The molecule has 1 amide bonds. The Morgan fingerprint density at radius 2 is 2.09 bits per heavy atom. The lowest BCUT2D eigenvalue weighted by Gasteiger charge is -2.13. The standard InChI is InChI=1S/C17H15ClN2O2S/c1-11(12-5-3-2-4-6-12)19-16(21)10-23-17-20-14-9-13(18)7-8-15(14)22-17/h2-9,11H,10H2,1H3,(H,19,21). The molecule has 0 spiro atoms. The molecule has 2 aromatic carbocycles. The average Bonchev–Trinajstić information content (AvgIpc) is 2.95. The quantitative estimate of drug-likeness (QED) is 0.693. The third kappa shape index (κ3) is 4.06. The van der Waals surface area contributed by atoms with Gasteiger partial charge in [-0.25, -0.2) is 4.98 Å². The lowest BCUT2D eigenvalue weighted by molar-refractivity contribution is -0.119. The van der Waals surface area contributed by atoms with Crippen LogP contribution in [0.3, 0.4) is 0 Å². The number of amides is 1. The number of rotatable bonds is 5. The van der Waals surface area contributed by atoms with Crippen LogP contribution in [0.4, 0.5) is 0 Å². The molecule has 1 atom stereocenters. The summed E-state index contributed by atoms with van der Waals surface area (Å²) in [6.45, 7) is 1.96. The van der Waals surface area contributed by atoms with Gasteiger partial charge >= 0.3 is 0 Å². The molecular formula is C17H15ClN2O2S. The molecule has 0 aliphatic heterocycles. The van der Waals surface area contributed by atoms with Gasteiger partial charge in [0.1, 0.15) is 5.52 Å². The Bertz CT molecular complexity index is 820. The summed E-state index contributed by atoms with van der Waals surface area (Å²) in [6, 6.07) is 15.1. The summed E-state index contributed by atoms with van der Waals surface area (Å²) >= 11 is 7.18. The van der Waals surface area contributed by atoms with E-state index in [2.05, 4.69) is 10.3 Å². The molecule has 0 saturated carbocycles. The van der Waals surface area contributed by atoms with Crippen molar-refractivity contribution in [3.8, 4) is 0 Å². The van der Waals surface area contributed by atoms with Gasteiger partial charge in [-0.15, -0.1) is 0 Å². The molecule has 0 aliphatic carbocycles. The fourth-order valence-electron chi connectivity index (χ4n) is 2.18. The molecule has 6 heteroatoms. The summed E-state index contributed by atoms with van der Waals surface area (Å²) in [6.07, 6.45) is 0. The largest absolute Gasteiger partial charge is 0.431 e. The Kier molecular flexibility index (Phi) is 4.88. The first-order chi connectivity index (χ1) is 11.1. The molecule has 1 N–H and O–H groups in total. The molecule has 1 unspecified atom stereocenters. The van der Waals surface area contributed by atoms with Gasteiger partial charge in [-0.2, -0.15) is 0 Å². The highest BCUT2D eigenvalue weighted by atomic mass is 35.5. The highest BCUT2D eigenvalue weighted by molar-refractivity contribution is 7.99. The second-order valence-electron chi connectivity index (χ2n) is 5.08. The zero-order chi connectivity index (χ0) is 16.2. The van der Waals surface area contributed by atoms with Crippen molar-refractivity contribution >= 4 is 40.4 Å². The van der Waals surface area contributed by atoms with Crippen molar-refractivity contribution in [3.05, 3.63) is 59.1 Å². The van der Waals surface area contributed by atoms with Crippen LogP contribution in [0.2, 0.25) is 5.02 Å². The zero-order valence-electron chi connectivity index (χ0n) is 12.5. The summed E-state index contributed by atoms with van der Waals surface area (Å²) in [4.78, 5) is 16.4. The zero-order valence-corrected chi connectivity index (χ0v) is 14.0. The van der Waals surface area contributed by atoms with Gasteiger partial charge in [-0.1, -0.05) is 53.7 Å². The minimum Gasteiger partial charge on any atom is -0.431 e. The average molecular weight is 347 g/mol. The first kappa shape index (κ1) is 15.9. The van der Waals surface area contributed by atoms with Crippen LogP contribution in [0.25, 0.3) is 11.1 Å². The second-order valence-corrected chi connectivity index (χ2v) is 6.44. The Morgan fingerprint density at radius 1 is 1.30 bits per heavy atom. The van der Waals surface area contributed by atoms with Gasteiger partial charge in [0, 0.05) is 5.02 Å². The van der Waals surface area contributed by atoms with E-state index in [0.29, 0.717) is 21.3 Å². The van der Waals surface area contributed by atoms with Crippen molar-refractivity contribution in [2.75, 3.05) is 5.75 Å². The van der Waals surface area contributed by atoms with E-state index >= 15 is 0 Å². The Labute approximate surface area is 143 Å². The van der Waals surface area contributed by atoms with Crippen molar-refractivity contribution in [1.29, 1.82) is 0 Å². The van der Waals surface area contributed by atoms with Gasteiger partial charge in [0.05, 0.1) is 11.8 Å². The number of thioether (sulfide) groups is 1. The number of carbonyl (C=O) groups excluding carboxylic acids is 1. The van der Waals surface area contributed by atoms with Crippen molar-refractivity contribution in [2.24, 2.45) is 0 Å². The molecule has 0 saturated heterocycles. The van der Waals surface area contributed by atoms with Gasteiger partial charge in [0.15, 0.2) is 5.58 Å². The van der Waals surface area contributed by atoms with Gasteiger partial charge in [0.2, 0.25) is 5.91 Å². The van der Waals surface area contributed by atoms with Crippen LogP contribution >= 0.6 is 23.4 Å². The molecule has 1 heterocycles. The smallest absolute Gasteiger partial charge is 0.257 e. The fraction of sp³-hybridized carbons (Fsp3) is 0.176. The maximum absolute atomic E-state index is 12.0. The number of nitrogens with one attached hydrogen (secondary N) is 1. The number of halogens is 1. The van der Waals surface area contributed by atoms with Crippen LogP contribution < -0.4 is 5.32 Å². The first-order valence-corrected chi connectivity index (χ1v) is 8.51. The molecule has 118 valence electrons. The minimum atomic E-state index is -0.0633. The Hall–Kier alpha value is -1.98. The number of fused-ring (bicyclic) bond motifs is 1. The summed E-state index contributed by atoms with van der Waals surface area (Å²) in [5, 5.41) is 4.03. The molecule has 3 rings (SSSR count). The summed E-state index contributed by atoms with van der Waals surface area (Å²) in [5.41, 5.74) is 2.43. The van der Waals surface area contributed by atoms with E-state index < -0.39 is 0 Å². The fourth-order valence-corrected chi connectivity index (χ4v) is 2.99. The highest BCUT2D eigenvalue weighted by Crippen LogP contribution is 2.25. The summed E-state index contributed by atoms with van der Waals surface area (Å²) < 4.78 is 5.58. The number of oxazole rings is 1. The SMILES string of the molecule is CC(NC(=O)CSc1nc2cc(Cl)ccc2o1)c1ccccc1. The Balaban J connectivity index is 1.57. The van der Waals surface area contributed by atoms with Crippen LogP contribution in [0.15, 0.2) is 58.2 Å². The number of carbonyl (C=O) groups is 1. The first-order valence-electron chi connectivity index (χ1n) is 7.15. The molecule has 3 aromatic rings. The van der Waals surface area contributed by atoms with E-state index in [9.17, 15) is 4.79 Å². The number of hydrogen-bond acceptors (Lipinski definition) is 4. The monoisotopic (exact) mass is 346 g/mol. The van der Waals surface area contributed by atoms with Crippen LogP contribution in [0, 0.1) is 0 Å². The maximum atomic E-state index is 12.0. The molecule has 1 aromatic heterocycles. The van der Waals surface area contributed by atoms with Crippen LogP contribution in [-0.4, -0.2) is 16.6 Å². The van der Waals surface area contributed by atoms with Gasteiger partial charge in [-0.05, 0) is 30.7 Å². The van der Waals surface area contributed by atoms with Crippen molar-refractivity contribution < 1.29 is 9.21 Å². The lowest BCUT2D eigenvalue weighted by Crippen LogP contribution is -2.28. The van der Waals surface area contributed by atoms with Crippen LogP contribution in [0.5, 0.6) is 0 Å².